The van der Waals surface area contributed by atoms with Crippen molar-refractivity contribution < 1.29 is 80.2 Å². The molecule has 0 saturated heterocycles. The first-order valence-corrected chi connectivity index (χ1v) is 38.0. The van der Waals surface area contributed by atoms with E-state index in [4.69, 9.17) is 37.0 Å². The number of phosphoric ester groups is 2. The number of hydrogen-bond donors (Lipinski definition) is 3. The summed E-state index contributed by atoms with van der Waals surface area (Å²) in [5.74, 6) is -0.609. The van der Waals surface area contributed by atoms with Crippen molar-refractivity contribution in [3.05, 3.63) is 0 Å². The fraction of sp³-hybridized carbons (Fsp3) is 0.940. The average Bonchev–Trinajstić information content (AvgIpc) is 3.67. The standard InChI is InChI=1S/C67H130O17P2/c1-7-10-12-14-16-18-19-20-21-25-32-38-44-50-65(70)78-56-63(83-66(71)51-45-39-33-26-23-22-24-29-35-41-47-59(4)5)58-82-86(75,76)80-54-61(68)53-79-85(73,74)81-57-62(55-77-64(69)49-43-37-31-17-15-13-11-8-2)84-67(72)52-46-40-34-28-27-30-36-42-48-60(6)9-3/h59-63,68H,7-58H2,1-6H3,(H,73,74)(H,75,76)/t60?,61-,62+,63+/m0/s1. The van der Waals surface area contributed by atoms with Crippen LogP contribution in [-0.4, -0.2) is 96.7 Å². The van der Waals surface area contributed by atoms with Gasteiger partial charge in [-0.25, -0.2) is 9.13 Å². The number of unbranched alkanes of at least 4 members (excludes halogenated alkanes) is 35. The molecule has 19 heteroatoms. The van der Waals surface area contributed by atoms with Crippen molar-refractivity contribution in [1.29, 1.82) is 0 Å². The number of ether oxygens (including phenoxy) is 4. The zero-order chi connectivity index (χ0) is 63.6. The van der Waals surface area contributed by atoms with E-state index in [0.717, 1.165) is 108 Å². The van der Waals surface area contributed by atoms with E-state index in [2.05, 4.69) is 41.5 Å². The first-order chi connectivity index (χ1) is 41.4. The van der Waals surface area contributed by atoms with E-state index < -0.39 is 97.5 Å². The summed E-state index contributed by atoms with van der Waals surface area (Å²) < 4.78 is 68.1. The molecule has 0 amide bonds. The molecule has 0 aromatic rings. The lowest BCUT2D eigenvalue weighted by atomic mass is 9.99. The normalized spacial score (nSPS) is 14.5. The van der Waals surface area contributed by atoms with Crippen LogP contribution in [0, 0.1) is 11.8 Å². The van der Waals surface area contributed by atoms with Crippen LogP contribution in [0.1, 0.15) is 337 Å². The fourth-order valence-corrected chi connectivity index (χ4v) is 11.6. The number of carbonyl (C=O) groups is 4. The molecule has 0 aromatic heterocycles. The van der Waals surface area contributed by atoms with Crippen LogP contribution in [-0.2, 0) is 65.4 Å². The molecular formula is C67H130O17P2. The lowest BCUT2D eigenvalue weighted by Gasteiger charge is -2.21. The predicted molar refractivity (Wildman–Crippen MR) is 345 cm³/mol. The van der Waals surface area contributed by atoms with Crippen LogP contribution in [0.4, 0.5) is 0 Å². The van der Waals surface area contributed by atoms with Gasteiger partial charge < -0.3 is 33.8 Å². The van der Waals surface area contributed by atoms with Crippen molar-refractivity contribution >= 4 is 39.5 Å². The molecule has 86 heavy (non-hydrogen) atoms. The molecule has 0 aromatic carbocycles. The second-order valence-corrected chi connectivity index (χ2v) is 27.8. The number of aliphatic hydroxyl groups excluding tert-OH is 1. The van der Waals surface area contributed by atoms with Crippen molar-refractivity contribution in [2.45, 2.75) is 355 Å². The Labute approximate surface area is 524 Å². The van der Waals surface area contributed by atoms with E-state index in [1.54, 1.807) is 0 Å². The summed E-state index contributed by atoms with van der Waals surface area (Å²) in [7, 11) is -9.89. The Morgan fingerprint density at radius 2 is 0.593 bits per heavy atom. The highest BCUT2D eigenvalue weighted by molar-refractivity contribution is 7.47. The third-order valence-electron chi connectivity index (χ3n) is 15.8. The van der Waals surface area contributed by atoms with Crippen LogP contribution < -0.4 is 0 Å². The average molecular weight is 1270 g/mol. The minimum Gasteiger partial charge on any atom is -0.462 e. The maximum absolute atomic E-state index is 13.0. The molecule has 3 N–H and O–H groups in total. The maximum Gasteiger partial charge on any atom is 0.472 e. The summed E-state index contributed by atoms with van der Waals surface area (Å²) in [6.07, 6.45) is 43.0. The summed E-state index contributed by atoms with van der Waals surface area (Å²) >= 11 is 0. The molecule has 17 nitrogen and oxygen atoms in total. The highest BCUT2D eigenvalue weighted by Gasteiger charge is 2.30. The molecule has 6 atom stereocenters. The summed E-state index contributed by atoms with van der Waals surface area (Å²) in [5, 5.41) is 10.6. The highest BCUT2D eigenvalue weighted by Crippen LogP contribution is 2.45. The lowest BCUT2D eigenvalue weighted by Crippen LogP contribution is -2.30. The van der Waals surface area contributed by atoms with Crippen molar-refractivity contribution in [2.75, 3.05) is 39.6 Å². The van der Waals surface area contributed by atoms with Gasteiger partial charge in [-0.2, -0.15) is 0 Å². The van der Waals surface area contributed by atoms with Crippen LogP contribution in [0.15, 0.2) is 0 Å². The topological polar surface area (TPSA) is 237 Å². The van der Waals surface area contributed by atoms with Crippen molar-refractivity contribution in [3.63, 3.8) is 0 Å². The number of hydrogen-bond acceptors (Lipinski definition) is 15. The number of carbonyl (C=O) groups excluding carboxylic acids is 4. The number of esters is 4. The largest absolute Gasteiger partial charge is 0.472 e. The Morgan fingerprint density at radius 1 is 0.337 bits per heavy atom. The van der Waals surface area contributed by atoms with E-state index >= 15 is 0 Å². The highest BCUT2D eigenvalue weighted by atomic mass is 31.2. The van der Waals surface area contributed by atoms with Crippen molar-refractivity contribution in [1.82, 2.24) is 0 Å². The van der Waals surface area contributed by atoms with E-state index in [1.807, 2.05) is 0 Å². The van der Waals surface area contributed by atoms with Gasteiger partial charge in [-0.1, -0.05) is 286 Å². The molecule has 0 rings (SSSR count). The second kappa shape index (κ2) is 59.4. The quantitative estimate of drug-likeness (QED) is 0.0222. The summed E-state index contributed by atoms with van der Waals surface area (Å²) in [6.45, 7) is 9.49. The number of phosphoric acid groups is 2. The molecule has 0 aliphatic carbocycles. The Kier molecular flexibility index (Phi) is 58.0. The van der Waals surface area contributed by atoms with E-state index in [9.17, 15) is 43.2 Å². The zero-order valence-corrected chi connectivity index (χ0v) is 57.4. The fourth-order valence-electron chi connectivity index (χ4n) is 10.0. The molecule has 510 valence electrons. The molecule has 0 radical (unpaired) electrons. The Morgan fingerprint density at radius 3 is 0.884 bits per heavy atom. The van der Waals surface area contributed by atoms with Crippen LogP contribution in [0.25, 0.3) is 0 Å². The molecule has 0 heterocycles. The third kappa shape index (κ3) is 59.7. The molecule has 0 bridgehead atoms. The van der Waals surface area contributed by atoms with Gasteiger partial charge in [0, 0.05) is 25.7 Å². The predicted octanol–water partition coefficient (Wildman–Crippen LogP) is 18.8. The molecule has 3 unspecified atom stereocenters. The SMILES string of the molecule is CCCCCCCCCCCCCCCC(=O)OC[C@H](COP(=O)(O)OC[C@@H](O)COP(=O)(O)OC[C@@H](COC(=O)CCCCCCCCCC)OC(=O)CCCCCCCCCCC(C)CC)OC(=O)CCCCCCCCCCCCC(C)C. The van der Waals surface area contributed by atoms with Gasteiger partial charge in [-0.05, 0) is 37.5 Å². The minimum absolute atomic E-state index is 0.105. The Bertz CT molecular complexity index is 1690. The van der Waals surface area contributed by atoms with Gasteiger partial charge in [0.05, 0.1) is 26.4 Å². The summed E-state index contributed by atoms with van der Waals surface area (Å²) in [4.78, 5) is 72.3. The Hall–Kier alpha value is -1.94. The molecule has 0 aliphatic rings. The minimum atomic E-state index is -4.95. The van der Waals surface area contributed by atoms with Gasteiger partial charge in [0.2, 0.25) is 0 Å². The second-order valence-electron chi connectivity index (χ2n) is 24.9. The Balaban J connectivity index is 5.24. The first kappa shape index (κ1) is 84.1. The summed E-state index contributed by atoms with van der Waals surface area (Å²) in [5.41, 5.74) is 0. The molecule has 0 fully saturated rings. The van der Waals surface area contributed by atoms with Crippen LogP contribution in [0.2, 0.25) is 0 Å². The third-order valence-corrected chi connectivity index (χ3v) is 17.7. The monoisotopic (exact) mass is 1270 g/mol. The van der Waals surface area contributed by atoms with Crippen molar-refractivity contribution in [3.8, 4) is 0 Å². The van der Waals surface area contributed by atoms with Gasteiger partial charge in [0.15, 0.2) is 12.2 Å². The van der Waals surface area contributed by atoms with Crippen molar-refractivity contribution in [2.24, 2.45) is 11.8 Å². The van der Waals surface area contributed by atoms with Gasteiger partial charge in [0.1, 0.15) is 19.3 Å². The molecule has 0 aliphatic heterocycles. The smallest absolute Gasteiger partial charge is 0.462 e. The van der Waals surface area contributed by atoms with E-state index in [0.29, 0.717) is 25.7 Å². The lowest BCUT2D eigenvalue weighted by molar-refractivity contribution is -0.161. The van der Waals surface area contributed by atoms with Crippen LogP contribution in [0.5, 0.6) is 0 Å². The summed E-state index contributed by atoms with van der Waals surface area (Å²) in [6, 6.07) is 0. The number of aliphatic hydroxyl groups is 1. The van der Waals surface area contributed by atoms with Crippen LogP contribution >= 0.6 is 15.6 Å². The molecular weight excluding hydrogens is 1140 g/mol. The van der Waals surface area contributed by atoms with Crippen LogP contribution in [0.3, 0.4) is 0 Å². The molecule has 0 spiro atoms. The zero-order valence-electron chi connectivity index (χ0n) is 55.6. The van der Waals surface area contributed by atoms with Gasteiger partial charge in [-0.3, -0.25) is 37.3 Å². The molecule has 0 saturated carbocycles. The maximum atomic E-state index is 13.0. The van der Waals surface area contributed by atoms with E-state index in [-0.39, 0.29) is 25.7 Å². The first-order valence-electron chi connectivity index (χ1n) is 35.0. The van der Waals surface area contributed by atoms with Gasteiger partial charge in [-0.15, -0.1) is 0 Å². The van der Waals surface area contributed by atoms with Gasteiger partial charge in [0.25, 0.3) is 0 Å². The van der Waals surface area contributed by atoms with E-state index in [1.165, 1.54) is 148 Å². The van der Waals surface area contributed by atoms with Gasteiger partial charge >= 0.3 is 39.5 Å². The number of rotatable bonds is 66.